The molecule has 1 aromatic carbocycles. The molecule has 3 rings (SSSR count). The van der Waals surface area contributed by atoms with Crippen LogP contribution < -0.4 is 0 Å². The van der Waals surface area contributed by atoms with Crippen molar-refractivity contribution in [2.75, 3.05) is 5.75 Å². The van der Waals surface area contributed by atoms with E-state index in [1.165, 1.54) is 12.8 Å². The zero-order chi connectivity index (χ0) is 13.5. The van der Waals surface area contributed by atoms with E-state index < -0.39 is 9.84 Å². The third-order valence-corrected chi connectivity index (χ3v) is 6.47. The molecule has 0 amide bonds. The van der Waals surface area contributed by atoms with Crippen LogP contribution >= 0.6 is 0 Å². The predicted molar refractivity (Wildman–Crippen MR) is 73.8 cm³/mol. The Kier molecular flexibility index (Phi) is 3.39. The molecule has 0 saturated heterocycles. The van der Waals surface area contributed by atoms with E-state index in [0.29, 0.717) is 17.2 Å². The first-order valence-corrected chi connectivity index (χ1v) is 8.73. The van der Waals surface area contributed by atoms with E-state index in [1.807, 2.05) is 12.1 Å². The maximum Gasteiger partial charge on any atom is 0.179 e. The second-order valence-corrected chi connectivity index (χ2v) is 7.87. The molecule has 1 heterocycles. The summed E-state index contributed by atoms with van der Waals surface area (Å²) in [5, 5.41) is 10.3. The van der Waals surface area contributed by atoms with Crippen LogP contribution in [0.1, 0.15) is 43.6 Å². The summed E-state index contributed by atoms with van der Waals surface area (Å²) >= 11 is 0. The fourth-order valence-electron chi connectivity index (χ4n) is 3.57. The van der Waals surface area contributed by atoms with Crippen molar-refractivity contribution < 1.29 is 13.5 Å². The van der Waals surface area contributed by atoms with Gasteiger partial charge in [-0.1, -0.05) is 31.0 Å². The quantitative estimate of drug-likeness (QED) is 0.925. The summed E-state index contributed by atoms with van der Waals surface area (Å²) in [6.07, 6.45) is 4.79. The van der Waals surface area contributed by atoms with Crippen molar-refractivity contribution in [2.24, 2.45) is 5.92 Å². The van der Waals surface area contributed by atoms with Gasteiger partial charge >= 0.3 is 0 Å². The van der Waals surface area contributed by atoms with Crippen LogP contribution in [0.5, 0.6) is 0 Å². The zero-order valence-electron chi connectivity index (χ0n) is 11.0. The smallest absolute Gasteiger partial charge is 0.179 e. The first kappa shape index (κ1) is 13.1. The van der Waals surface area contributed by atoms with Crippen LogP contribution in [0.25, 0.3) is 0 Å². The number of hydrogen-bond acceptors (Lipinski definition) is 3. The van der Waals surface area contributed by atoms with Gasteiger partial charge in [-0.05, 0) is 36.8 Å². The highest BCUT2D eigenvalue weighted by molar-refractivity contribution is 7.91. The molecule has 1 aromatic rings. The van der Waals surface area contributed by atoms with E-state index in [9.17, 15) is 13.5 Å². The van der Waals surface area contributed by atoms with Crippen LogP contribution in [0.2, 0.25) is 0 Å². The maximum atomic E-state index is 12.1. The molecule has 1 aliphatic heterocycles. The lowest BCUT2D eigenvalue weighted by Crippen LogP contribution is -2.21. The van der Waals surface area contributed by atoms with E-state index >= 15 is 0 Å². The van der Waals surface area contributed by atoms with Gasteiger partial charge in [0.15, 0.2) is 9.84 Å². The van der Waals surface area contributed by atoms with Gasteiger partial charge in [0.25, 0.3) is 0 Å². The van der Waals surface area contributed by atoms with E-state index in [1.54, 1.807) is 12.1 Å². The van der Waals surface area contributed by atoms with Gasteiger partial charge in [0.2, 0.25) is 0 Å². The molecule has 1 fully saturated rings. The Labute approximate surface area is 114 Å². The second kappa shape index (κ2) is 4.91. The summed E-state index contributed by atoms with van der Waals surface area (Å²) in [6.45, 7) is 0. The van der Waals surface area contributed by atoms with Gasteiger partial charge in [0.05, 0.1) is 16.8 Å². The fraction of sp³-hybridized carbons (Fsp3) is 0.600. The summed E-state index contributed by atoms with van der Waals surface area (Å²) in [6, 6.07) is 7.24. The Morgan fingerprint density at radius 3 is 2.63 bits per heavy atom. The average Bonchev–Trinajstić information content (AvgIpc) is 2.98. The molecule has 0 aromatic heterocycles. The molecule has 1 saturated carbocycles. The molecule has 0 radical (unpaired) electrons. The minimum Gasteiger partial charge on any atom is -0.393 e. The molecule has 19 heavy (non-hydrogen) atoms. The van der Waals surface area contributed by atoms with Crippen molar-refractivity contribution in [3.8, 4) is 0 Å². The predicted octanol–water partition coefficient (Wildman–Crippen LogP) is 2.50. The Morgan fingerprint density at radius 2 is 1.89 bits per heavy atom. The SMILES string of the molecule is O=S1(=O)CC(CC(O)C2CCCC2)c2ccccc21. The summed E-state index contributed by atoms with van der Waals surface area (Å²) in [4.78, 5) is 0.471. The average molecular weight is 280 g/mol. The third-order valence-electron chi connectivity index (χ3n) is 4.58. The first-order valence-electron chi connectivity index (χ1n) is 7.07. The summed E-state index contributed by atoms with van der Waals surface area (Å²) in [5.41, 5.74) is 0.902. The largest absolute Gasteiger partial charge is 0.393 e. The van der Waals surface area contributed by atoms with Crippen LogP contribution in [-0.2, 0) is 9.84 Å². The van der Waals surface area contributed by atoms with Gasteiger partial charge in [-0.15, -0.1) is 0 Å². The van der Waals surface area contributed by atoms with Crippen molar-refractivity contribution >= 4 is 9.84 Å². The van der Waals surface area contributed by atoms with Crippen LogP contribution in [0.15, 0.2) is 29.2 Å². The number of benzene rings is 1. The molecular weight excluding hydrogens is 260 g/mol. The van der Waals surface area contributed by atoms with Gasteiger partial charge in [0.1, 0.15) is 0 Å². The molecule has 2 atom stereocenters. The normalized spacial score (nSPS) is 27.3. The Morgan fingerprint density at radius 1 is 1.21 bits per heavy atom. The van der Waals surface area contributed by atoms with Gasteiger partial charge in [-0.25, -0.2) is 8.42 Å². The zero-order valence-corrected chi connectivity index (χ0v) is 11.8. The van der Waals surface area contributed by atoms with Gasteiger partial charge in [-0.2, -0.15) is 0 Å². The molecule has 2 unspecified atom stereocenters. The van der Waals surface area contributed by atoms with E-state index in [-0.39, 0.29) is 17.8 Å². The second-order valence-electron chi connectivity index (χ2n) is 5.86. The highest BCUT2D eigenvalue weighted by Crippen LogP contribution is 2.40. The van der Waals surface area contributed by atoms with Crippen LogP contribution in [0.4, 0.5) is 0 Å². The molecule has 4 heteroatoms. The maximum absolute atomic E-state index is 12.1. The van der Waals surface area contributed by atoms with Crippen LogP contribution in [0, 0.1) is 5.92 Å². The van der Waals surface area contributed by atoms with Crippen molar-refractivity contribution in [3.05, 3.63) is 29.8 Å². The highest BCUT2D eigenvalue weighted by atomic mass is 32.2. The summed E-state index contributed by atoms with van der Waals surface area (Å²) in [7, 11) is -3.14. The van der Waals surface area contributed by atoms with Gasteiger partial charge in [0, 0.05) is 5.92 Å². The summed E-state index contributed by atoms with van der Waals surface area (Å²) < 4.78 is 24.2. The van der Waals surface area contributed by atoms with E-state index in [0.717, 1.165) is 18.4 Å². The van der Waals surface area contributed by atoms with Gasteiger partial charge < -0.3 is 5.11 Å². The molecule has 0 spiro atoms. The van der Waals surface area contributed by atoms with Gasteiger partial charge in [-0.3, -0.25) is 0 Å². The first-order chi connectivity index (χ1) is 9.08. The monoisotopic (exact) mass is 280 g/mol. The minimum atomic E-state index is -3.14. The van der Waals surface area contributed by atoms with Crippen LogP contribution in [0.3, 0.4) is 0 Å². The Bertz CT molecular complexity index is 559. The number of aliphatic hydroxyl groups excluding tert-OH is 1. The van der Waals surface area contributed by atoms with Crippen molar-refractivity contribution in [1.82, 2.24) is 0 Å². The summed E-state index contributed by atoms with van der Waals surface area (Å²) in [5.74, 6) is 0.503. The number of sulfone groups is 1. The van der Waals surface area contributed by atoms with Crippen molar-refractivity contribution in [1.29, 1.82) is 0 Å². The molecule has 104 valence electrons. The van der Waals surface area contributed by atoms with E-state index in [2.05, 4.69) is 0 Å². The third kappa shape index (κ3) is 2.43. The Hall–Kier alpha value is -0.870. The molecule has 1 aliphatic carbocycles. The molecular formula is C15H20O3S. The number of rotatable bonds is 3. The van der Waals surface area contributed by atoms with E-state index in [4.69, 9.17) is 0 Å². The highest BCUT2D eigenvalue weighted by Gasteiger charge is 2.36. The number of fused-ring (bicyclic) bond motifs is 1. The fourth-order valence-corrected chi connectivity index (χ4v) is 5.47. The molecule has 1 N–H and O–H groups in total. The Balaban J connectivity index is 1.80. The van der Waals surface area contributed by atoms with Crippen molar-refractivity contribution in [3.63, 3.8) is 0 Å². The lowest BCUT2D eigenvalue weighted by atomic mass is 9.89. The number of hydrogen-bond donors (Lipinski definition) is 1. The molecule has 2 aliphatic rings. The molecule has 0 bridgehead atoms. The topological polar surface area (TPSA) is 54.4 Å². The minimum absolute atomic E-state index is 0.0307. The number of aliphatic hydroxyl groups is 1. The van der Waals surface area contributed by atoms with Crippen LogP contribution in [-0.4, -0.2) is 25.4 Å². The van der Waals surface area contributed by atoms with Crippen molar-refractivity contribution in [2.45, 2.75) is 49.0 Å². The lowest BCUT2D eigenvalue weighted by molar-refractivity contribution is 0.0963. The lowest BCUT2D eigenvalue weighted by Gasteiger charge is -2.21. The molecule has 3 nitrogen and oxygen atoms in total. The standard InChI is InChI=1S/C15H20O3S/c16-14(11-5-1-2-6-11)9-12-10-19(17,18)15-8-4-3-7-13(12)15/h3-4,7-8,11-12,14,16H,1-2,5-6,9-10H2.